The predicted molar refractivity (Wildman–Crippen MR) is 135 cm³/mol. The maximum Gasteiger partial charge on any atom is 0.294 e. The Bertz CT molecular complexity index is 1130. The SMILES string of the molecule is CC1CCN(C(=O)CN2C(=O)S/C(=C/c3ccc(OCc4ccc(Cl)cc4Cl)cc3)C2=O)CC1. The number of imide groups is 1. The molecule has 2 aromatic carbocycles. The summed E-state index contributed by atoms with van der Waals surface area (Å²) >= 11 is 12.9. The van der Waals surface area contributed by atoms with E-state index in [1.165, 1.54) is 0 Å². The van der Waals surface area contributed by atoms with E-state index in [0.29, 0.717) is 39.7 Å². The summed E-state index contributed by atoms with van der Waals surface area (Å²) in [6.07, 6.45) is 3.54. The molecular weight excluding hydrogens is 495 g/mol. The van der Waals surface area contributed by atoms with Gasteiger partial charge in [0.05, 0.1) is 4.91 Å². The summed E-state index contributed by atoms with van der Waals surface area (Å²) in [6, 6.07) is 12.4. The zero-order valence-corrected chi connectivity index (χ0v) is 21.0. The van der Waals surface area contributed by atoms with E-state index in [2.05, 4.69) is 6.92 Å². The Balaban J connectivity index is 1.35. The predicted octanol–water partition coefficient (Wildman–Crippen LogP) is 5.87. The van der Waals surface area contributed by atoms with Gasteiger partial charge in [-0.2, -0.15) is 0 Å². The summed E-state index contributed by atoms with van der Waals surface area (Å²) in [5.74, 6) is 0.609. The van der Waals surface area contributed by atoms with Crippen LogP contribution in [-0.2, 0) is 16.2 Å². The molecule has 6 nitrogen and oxygen atoms in total. The molecule has 3 amide bonds. The lowest BCUT2D eigenvalue weighted by molar-refractivity contribution is -0.136. The van der Waals surface area contributed by atoms with Crippen molar-refractivity contribution in [1.29, 1.82) is 0 Å². The van der Waals surface area contributed by atoms with Crippen LogP contribution in [0.25, 0.3) is 6.08 Å². The lowest BCUT2D eigenvalue weighted by Crippen LogP contribution is -2.45. The number of amides is 3. The molecule has 2 saturated heterocycles. The number of piperidine rings is 1. The van der Waals surface area contributed by atoms with Gasteiger partial charge in [0.2, 0.25) is 5.91 Å². The van der Waals surface area contributed by atoms with Crippen molar-refractivity contribution in [2.75, 3.05) is 19.6 Å². The third kappa shape index (κ3) is 5.95. The molecule has 0 saturated carbocycles. The van der Waals surface area contributed by atoms with Crippen LogP contribution in [-0.4, -0.2) is 46.5 Å². The van der Waals surface area contributed by atoms with Crippen molar-refractivity contribution in [3.63, 3.8) is 0 Å². The third-order valence-corrected chi connectivity index (χ3v) is 7.38. The molecule has 178 valence electrons. The summed E-state index contributed by atoms with van der Waals surface area (Å²) in [4.78, 5) is 40.8. The number of rotatable bonds is 6. The molecule has 2 fully saturated rings. The molecule has 2 aromatic rings. The highest BCUT2D eigenvalue weighted by molar-refractivity contribution is 8.18. The van der Waals surface area contributed by atoms with Gasteiger partial charge in [-0.3, -0.25) is 19.3 Å². The minimum absolute atomic E-state index is 0.183. The molecule has 0 spiro atoms. The van der Waals surface area contributed by atoms with Crippen LogP contribution in [0.2, 0.25) is 10.0 Å². The number of likely N-dealkylation sites (tertiary alicyclic amines) is 1. The van der Waals surface area contributed by atoms with E-state index >= 15 is 0 Å². The molecule has 2 aliphatic heterocycles. The largest absolute Gasteiger partial charge is 0.489 e. The smallest absolute Gasteiger partial charge is 0.294 e. The number of hydrogen-bond donors (Lipinski definition) is 0. The maximum absolute atomic E-state index is 12.8. The number of carbonyl (C=O) groups is 3. The van der Waals surface area contributed by atoms with Crippen molar-refractivity contribution in [3.8, 4) is 5.75 Å². The van der Waals surface area contributed by atoms with Gasteiger partial charge in [-0.15, -0.1) is 0 Å². The summed E-state index contributed by atoms with van der Waals surface area (Å²) in [5.41, 5.74) is 1.57. The first-order valence-electron chi connectivity index (χ1n) is 11.0. The number of ether oxygens (including phenoxy) is 1. The standard InChI is InChI=1S/C25H24Cl2N2O4S/c1-16-8-10-28(11-9-16)23(30)14-29-24(31)22(34-25(29)32)12-17-2-6-20(7-3-17)33-15-18-4-5-19(26)13-21(18)27/h2-7,12-13,16H,8-11,14-15H2,1H3/b22-12+. The summed E-state index contributed by atoms with van der Waals surface area (Å²) in [6.45, 7) is 3.58. The van der Waals surface area contributed by atoms with Gasteiger partial charge in [-0.25, -0.2) is 0 Å². The summed E-state index contributed by atoms with van der Waals surface area (Å²) < 4.78 is 5.78. The van der Waals surface area contributed by atoms with E-state index in [-0.39, 0.29) is 19.1 Å². The summed E-state index contributed by atoms with van der Waals surface area (Å²) in [7, 11) is 0. The van der Waals surface area contributed by atoms with Gasteiger partial charge in [0.25, 0.3) is 11.1 Å². The monoisotopic (exact) mass is 518 g/mol. The second kappa shape index (κ2) is 10.8. The maximum atomic E-state index is 12.8. The Morgan fingerprint density at radius 2 is 1.82 bits per heavy atom. The van der Waals surface area contributed by atoms with Crippen molar-refractivity contribution < 1.29 is 19.1 Å². The molecule has 9 heteroatoms. The van der Waals surface area contributed by atoms with E-state index in [4.69, 9.17) is 27.9 Å². The van der Waals surface area contributed by atoms with Crippen LogP contribution < -0.4 is 4.74 Å². The molecule has 4 rings (SSSR count). The topological polar surface area (TPSA) is 66.9 Å². The van der Waals surface area contributed by atoms with Crippen LogP contribution in [0.4, 0.5) is 4.79 Å². The Labute approximate surface area is 212 Å². The number of nitrogens with zero attached hydrogens (tertiary/aromatic N) is 2. The van der Waals surface area contributed by atoms with Crippen LogP contribution in [0.15, 0.2) is 47.4 Å². The Morgan fingerprint density at radius 1 is 1.12 bits per heavy atom. The first kappa shape index (κ1) is 24.6. The molecule has 2 aliphatic rings. The van der Waals surface area contributed by atoms with E-state index < -0.39 is 11.1 Å². The minimum Gasteiger partial charge on any atom is -0.489 e. The van der Waals surface area contributed by atoms with Crippen molar-refractivity contribution in [2.45, 2.75) is 26.4 Å². The Hall–Kier alpha value is -2.48. The van der Waals surface area contributed by atoms with Crippen LogP contribution in [0.1, 0.15) is 30.9 Å². The lowest BCUT2D eigenvalue weighted by Gasteiger charge is -2.31. The second-order valence-electron chi connectivity index (χ2n) is 8.42. The van der Waals surface area contributed by atoms with E-state index in [1.54, 1.807) is 47.4 Å². The fourth-order valence-electron chi connectivity index (χ4n) is 3.74. The van der Waals surface area contributed by atoms with Crippen LogP contribution in [0.3, 0.4) is 0 Å². The number of halogens is 2. The van der Waals surface area contributed by atoms with Crippen LogP contribution in [0.5, 0.6) is 5.75 Å². The fourth-order valence-corrected chi connectivity index (χ4v) is 5.04. The Kier molecular flexibility index (Phi) is 7.86. The Morgan fingerprint density at radius 3 is 2.50 bits per heavy atom. The molecule has 2 heterocycles. The van der Waals surface area contributed by atoms with Gasteiger partial charge in [-0.1, -0.05) is 48.3 Å². The molecule has 0 aliphatic carbocycles. The third-order valence-electron chi connectivity index (χ3n) is 5.89. The van der Waals surface area contributed by atoms with Crippen molar-refractivity contribution in [2.24, 2.45) is 5.92 Å². The quantitative estimate of drug-likeness (QED) is 0.447. The molecule has 0 radical (unpaired) electrons. The highest BCUT2D eigenvalue weighted by Crippen LogP contribution is 2.32. The van der Waals surface area contributed by atoms with Gasteiger partial charge in [-0.05, 0) is 66.4 Å². The fraction of sp³-hybridized carbons (Fsp3) is 0.320. The highest BCUT2D eigenvalue weighted by Gasteiger charge is 2.37. The molecule has 34 heavy (non-hydrogen) atoms. The minimum atomic E-state index is -0.438. The number of carbonyl (C=O) groups excluding carboxylic acids is 3. The van der Waals surface area contributed by atoms with Crippen molar-refractivity contribution >= 4 is 58.1 Å². The van der Waals surface area contributed by atoms with Crippen molar-refractivity contribution in [3.05, 3.63) is 68.5 Å². The first-order chi connectivity index (χ1) is 16.3. The zero-order chi connectivity index (χ0) is 24.2. The average molecular weight is 519 g/mol. The second-order valence-corrected chi connectivity index (χ2v) is 10.3. The van der Waals surface area contributed by atoms with Gasteiger partial charge < -0.3 is 9.64 Å². The molecule has 0 N–H and O–H groups in total. The molecule has 0 unspecified atom stereocenters. The number of hydrogen-bond acceptors (Lipinski definition) is 5. The molecule has 0 bridgehead atoms. The van der Waals surface area contributed by atoms with Gasteiger partial charge in [0.1, 0.15) is 18.9 Å². The average Bonchev–Trinajstić information content (AvgIpc) is 3.07. The van der Waals surface area contributed by atoms with Gasteiger partial charge >= 0.3 is 0 Å². The van der Waals surface area contributed by atoms with Crippen molar-refractivity contribution in [1.82, 2.24) is 9.80 Å². The summed E-state index contributed by atoms with van der Waals surface area (Å²) in [5, 5.41) is 0.677. The van der Waals surface area contributed by atoms with E-state index in [9.17, 15) is 14.4 Å². The first-order valence-corrected chi connectivity index (χ1v) is 12.6. The van der Waals surface area contributed by atoms with Crippen LogP contribution >= 0.6 is 35.0 Å². The number of thioether (sulfide) groups is 1. The zero-order valence-electron chi connectivity index (χ0n) is 18.6. The van der Waals surface area contributed by atoms with E-state index in [1.807, 2.05) is 6.07 Å². The lowest BCUT2D eigenvalue weighted by atomic mass is 9.99. The van der Waals surface area contributed by atoms with E-state index in [0.717, 1.165) is 40.6 Å². The molecular formula is C25H24Cl2N2O4S. The number of benzene rings is 2. The molecule has 0 aromatic heterocycles. The highest BCUT2D eigenvalue weighted by atomic mass is 35.5. The molecule has 0 atom stereocenters. The van der Waals surface area contributed by atoms with Gasteiger partial charge in [0, 0.05) is 28.7 Å². The van der Waals surface area contributed by atoms with Gasteiger partial charge in [0.15, 0.2) is 0 Å². The normalized spacial score (nSPS) is 18.1. The van der Waals surface area contributed by atoms with Crippen LogP contribution in [0, 0.1) is 5.92 Å².